The molecule has 0 aliphatic carbocycles. The normalized spacial score (nSPS) is 13.7. The number of hydrogen-bond acceptors (Lipinski definition) is 5. The topological polar surface area (TPSA) is 71.5 Å². The smallest absolute Gasteiger partial charge is 0.263 e. The number of ether oxygens (including phenoxy) is 1. The van der Waals surface area contributed by atoms with Crippen molar-refractivity contribution in [1.82, 2.24) is 10.3 Å². The number of aliphatic hydroxyl groups is 1. The lowest BCUT2D eigenvalue weighted by molar-refractivity contribution is 0.0929. The Morgan fingerprint density at radius 1 is 1.26 bits per heavy atom. The number of hydrogen-bond donors (Lipinski definition) is 2. The van der Waals surface area contributed by atoms with Crippen molar-refractivity contribution >= 4 is 17.2 Å². The minimum atomic E-state index is -0.663. The summed E-state index contributed by atoms with van der Waals surface area (Å²) in [5, 5.41) is 13.1. The fourth-order valence-electron chi connectivity index (χ4n) is 2.24. The molecule has 23 heavy (non-hydrogen) atoms. The van der Waals surface area contributed by atoms with Crippen molar-refractivity contribution in [1.29, 1.82) is 0 Å². The number of nitrogens with one attached hydrogen (secondary N) is 1. The first-order chi connectivity index (χ1) is 10.9. The number of nitrogens with zero attached hydrogens (tertiary/aromatic N) is 1. The van der Waals surface area contributed by atoms with E-state index in [9.17, 15) is 9.90 Å². The second-order valence-electron chi connectivity index (χ2n) is 5.71. The molecule has 0 unspecified atom stereocenters. The van der Waals surface area contributed by atoms with Crippen LogP contribution in [-0.2, 0) is 0 Å². The lowest BCUT2D eigenvalue weighted by Crippen LogP contribution is -2.31. The number of carbonyl (C=O) groups is 1. The van der Waals surface area contributed by atoms with Gasteiger partial charge in [0.25, 0.3) is 5.91 Å². The molecule has 0 saturated carbocycles. The lowest BCUT2D eigenvalue weighted by atomic mass is 9.96. The fraction of sp³-hybridized carbons (Fsp3) is 0.412. The van der Waals surface area contributed by atoms with Crippen LogP contribution in [0, 0.1) is 5.92 Å². The molecule has 0 fully saturated rings. The Bertz CT molecular complexity index is 650. The second-order valence-corrected chi connectivity index (χ2v) is 6.77. The Balaban J connectivity index is 2.16. The summed E-state index contributed by atoms with van der Waals surface area (Å²) in [5.74, 6) is 0.840. The first kappa shape index (κ1) is 17.4. The molecule has 2 aromatic rings. The number of aromatic nitrogens is 1. The summed E-state index contributed by atoms with van der Waals surface area (Å²) >= 11 is 1.21. The quantitative estimate of drug-likeness (QED) is 0.850. The number of carbonyl (C=O) groups excluding carboxylic acids is 1. The van der Waals surface area contributed by atoms with Crippen molar-refractivity contribution in [2.24, 2.45) is 5.92 Å². The van der Waals surface area contributed by atoms with Gasteiger partial charge in [-0.3, -0.25) is 4.79 Å². The lowest BCUT2D eigenvalue weighted by Gasteiger charge is -2.22. The van der Waals surface area contributed by atoms with Crippen molar-refractivity contribution < 1.29 is 14.6 Å². The van der Waals surface area contributed by atoms with Crippen LogP contribution in [0.3, 0.4) is 0 Å². The number of aliphatic hydroxyl groups excluding tert-OH is 1. The van der Waals surface area contributed by atoms with E-state index in [1.54, 1.807) is 14.0 Å². The Labute approximate surface area is 140 Å². The molecule has 0 bridgehead atoms. The highest BCUT2D eigenvalue weighted by Gasteiger charge is 2.21. The summed E-state index contributed by atoms with van der Waals surface area (Å²) in [6.45, 7) is 5.75. The number of benzene rings is 1. The van der Waals surface area contributed by atoms with Crippen molar-refractivity contribution in [3.63, 3.8) is 0 Å². The van der Waals surface area contributed by atoms with Crippen LogP contribution in [0.25, 0.3) is 0 Å². The molecule has 2 N–H and O–H groups in total. The first-order valence-corrected chi connectivity index (χ1v) is 8.32. The molecule has 124 valence electrons. The average Bonchev–Trinajstić information content (AvgIpc) is 3.02. The van der Waals surface area contributed by atoms with Gasteiger partial charge in [0.15, 0.2) is 0 Å². The van der Waals surface area contributed by atoms with Crippen LogP contribution >= 0.6 is 11.3 Å². The first-order valence-electron chi connectivity index (χ1n) is 7.51. The maximum Gasteiger partial charge on any atom is 0.263 e. The highest BCUT2D eigenvalue weighted by molar-refractivity contribution is 7.13. The maximum absolute atomic E-state index is 12.4. The van der Waals surface area contributed by atoms with Crippen molar-refractivity contribution in [2.45, 2.75) is 32.9 Å². The number of amides is 1. The number of methoxy groups -OCH3 is 1. The molecule has 2 atom stereocenters. The zero-order valence-electron chi connectivity index (χ0n) is 13.7. The molecule has 0 radical (unpaired) electrons. The minimum absolute atomic E-state index is 0.106. The van der Waals surface area contributed by atoms with E-state index in [0.717, 1.165) is 11.3 Å². The molecule has 0 aliphatic rings. The molecule has 5 nitrogen and oxygen atoms in total. The number of rotatable bonds is 6. The predicted octanol–water partition coefficient (Wildman–Crippen LogP) is 3.33. The largest absolute Gasteiger partial charge is 0.497 e. The number of thiazole rings is 1. The van der Waals surface area contributed by atoms with Crippen molar-refractivity contribution in [3.8, 4) is 5.75 Å². The summed E-state index contributed by atoms with van der Waals surface area (Å²) in [4.78, 5) is 17.0. The van der Waals surface area contributed by atoms with Gasteiger partial charge in [0.05, 0.1) is 19.3 Å². The van der Waals surface area contributed by atoms with Crippen LogP contribution in [0.4, 0.5) is 0 Å². The fourth-order valence-corrected chi connectivity index (χ4v) is 3.00. The summed E-state index contributed by atoms with van der Waals surface area (Å²) in [5.41, 5.74) is 1.02. The van der Waals surface area contributed by atoms with Gasteiger partial charge in [0, 0.05) is 0 Å². The Kier molecular flexibility index (Phi) is 5.74. The van der Waals surface area contributed by atoms with E-state index >= 15 is 0 Å². The van der Waals surface area contributed by atoms with E-state index in [2.05, 4.69) is 24.1 Å². The van der Waals surface area contributed by atoms with Crippen LogP contribution < -0.4 is 10.1 Å². The van der Waals surface area contributed by atoms with Gasteiger partial charge in [-0.2, -0.15) is 0 Å². The van der Waals surface area contributed by atoms with Crippen molar-refractivity contribution in [2.75, 3.05) is 7.11 Å². The maximum atomic E-state index is 12.4. The molecule has 1 amide bonds. The van der Waals surface area contributed by atoms with Crippen LogP contribution in [0.15, 0.2) is 30.5 Å². The highest BCUT2D eigenvalue weighted by Crippen LogP contribution is 2.26. The molecule has 0 saturated heterocycles. The summed E-state index contributed by atoms with van der Waals surface area (Å²) in [6.07, 6.45) is 0.844. The Morgan fingerprint density at radius 2 is 1.91 bits per heavy atom. The van der Waals surface area contributed by atoms with E-state index in [0.29, 0.717) is 9.88 Å². The molecular weight excluding hydrogens is 312 g/mol. The SMILES string of the molecule is COc1ccc([C@H](NC(=O)c2cnc([C@@H](C)O)s2)C(C)C)cc1. The van der Waals surface area contributed by atoms with Gasteiger partial charge in [0.1, 0.15) is 21.7 Å². The zero-order valence-corrected chi connectivity index (χ0v) is 14.6. The predicted molar refractivity (Wildman–Crippen MR) is 90.8 cm³/mol. The van der Waals surface area contributed by atoms with E-state index < -0.39 is 6.10 Å². The molecule has 6 heteroatoms. The van der Waals surface area contributed by atoms with Gasteiger partial charge in [-0.25, -0.2) is 4.98 Å². The zero-order chi connectivity index (χ0) is 17.0. The molecule has 1 heterocycles. The van der Waals surface area contributed by atoms with Crippen molar-refractivity contribution in [3.05, 3.63) is 45.9 Å². The van der Waals surface area contributed by atoms with Gasteiger partial charge in [0.2, 0.25) is 0 Å². The van der Waals surface area contributed by atoms with E-state index in [4.69, 9.17) is 4.74 Å². The Morgan fingerprint density at radius 3 is 2.39 bits per heavy atom. The van der Waals surface area contributed by atoms with Crippen LogP contribution in [0.1, 0.15) is 53.2 Å². The third kappa shape index (κ3) is 4.30. The third-order valence-electron chi connectivity index (χ3n) is 3.53. The minimum Gasteiger partial charge on any atom is -0.497 e. The Hall–Kier alpha value is -1.92. The second kappa shape index (κ2) is 7.57. The standard InChI is InChI=1S/C17H22N2O3S/c1-10(2)15(12-5-7-13(22-4)8-6-12)19-16(21)14-9-18-17(23-14)11(3)20/h5-11,15,20H,1-4H3,(H,19,21)/t11-,15-/m1/s1. The van der Waals surface area contributed by atoms with Gasteiger partial charge in [-0.15, -0.1) is 11.3 Å². The highest BCUT2D eigenvalue weighted by atomic mass is 32.1. The molecular formula is C17H22N2O3S. The van der Waals surface area contributed by atoms with Crippen LogP contribution in [0.5, 0.6) is 5.75 Å². The van der Waals surface area contributed by atoms with Crippen LogP contribution in [0.2, 0.25) is 0 Å². The van der Waals surface area contributed by atoms with Crippen LogP contribution in [-0.4, -0.2) is 23.1 Å². The molecule has 1 aromatic heterocycles. The van der Waals surface area contributed by atoms with E-state index in [1.807, 2.05) is 24.3 Å². The summed E-state index contributed by atoms with van der Waals surface area (Å²) in [6, 6.07) is 7.57. The van der Waals surface area contributed by atoms with E-state index in [1.165, 1.54) is 17.5 Å². The van der Waals surface area contributed by atoms with E-state index in [-0.39, 0.29) is 17.9 Å². The third-order valence-corrected chi connectivity index (χ3v) is 4.70. The monoisotopic (exact) mass is 334 g/mol. The molecule has 1 aromatic carbocycles. The summed E-state index contributed by atoms with van der Waals surface area (Å²) < 4.78 is 5.17. The van der Waals surface area contributed by atoms with Gasteiger partial charge in [-0.1, -0.05) is 26.0 Å². The average molecular weight is 334 g/mol. The molecule has 0 aliphatic heterocycles. The van der Waals surface area contributed by atoms with Gasteiger partial charge < -0.3 is 15.2 Å². The molecule has 0 spiro atoms. The summed E-state index contributed by atoms with van der Waals surface area (Å²) in [7, 11) is 1.63. The van der Waals surface area contributed by atoms with Gasteiger partial charge >= 0.3 is 0 Å². The molecule has 2 rings (SSSR count). The van der Waals surface area contributed by atoms with Gasteiger partial charge in [-0.05, 0) is 30.5 Å².